The highest BCUT2D eigenvalue weighted by molar-refractivity contribution is 6.36. The van der Waals surface area contributed by atoms with Crippen LogP contribution < -0.4 is 5.32 Å². The van der Waals surface area contributed by atoms with Gasteiger partial charge < -0.3 is 20.5 Å². The van der Waals surface area contributed by atoms with Gasteiger partial charge in [-0.2, -0.15) is 0 Å². The molecule has 1 amide bonds. The Hall–Kier alpha value is -3.06. The number of hydrogen-bond donors (Lipinski definition) is 4. The number of aromatic amines is 1. The number of hydrogen-bond acceptors (Lipinski definition) is 3. The van der Waals surface area contributed by atoms with Crippen molar-refractivity contribution in [2.45, 2.75) is 19.8 Å². The summed E-state index contributed by atoms with van der Waals surface area (Å²) in [5.41, 5.74) is 2.93. The molecule has 0 bridgehead atoms. The van der Waals surface area contributed by atoms with Gasteiger partial charge in [-0.1, -0.05) is 11.6 Å². The van der Waals surface area contributed by atoms with Crippen molar-refractivity contribution in [1.29, 1.82) is 0 Å². The van der Waals surface area contributed by atoms with Gasteiger partial charge in [0.05, 0.1) is 5.57 Å². The van der Waals surface area contributed by atoms with Crippen LogP contribution in [0.2, 0.25) is 5.02 Å². The van der Waals surface area contributed by atoms with Crippen molar-refractivity contribution in [1.82, 2.24) is 4.98 Å². The molecule has 0 radical (unpaired) electrons. The molecule has 0 saturated heterocycles. The lowest BCUT2D eigenvalue weighted by Gasteiger charge is -2.02. The van der Waals surface area contributed by atoms with E-state index in [-0.39, 0.29) is 24.4 Å². The summed E-state index contributed by atoms with van der Waals surface area (Å²) >= 11 is 6.01. The maximum atomic E-state index is 12.3. The Kier molecular flexibility index (Phi) is 4.56. The van der Waals surface area contributed by atoms with Gasteiger partial charge in [0.25, 0.3) is 5.91 Å². The summed E-state index contributed by atoms with van der Waals surface area (Å²) in [6.07, 6.45) is 1.53. The van der Waals surface area contributed by atoms with E-state index >= 15 is 0 Å². The minimum absolute atomic E-state index is 0.0260. The van der Waals surface area contributed by atoms with Crippen molar-refractivity contribution >= 4 is 46.8 Å². The number of anilines is 1. The Morgan fingerprint density at radius 2 is 2.00 bits per heavy atom. The summed E-state index contributed by atoms with van der Waals surface area (Å²) in [5, 5.41) is 21.4. The number of amides is 1. The van der Waals surface area contributed by atoms with Crippen molar-refractivity contribution in [2.75, 3.05) is 5.32 Å². The first kappa shape index (κ1) is 17.8. The van der Waals surface area contributed by atoms with Crippen molar-refractivity contribution in [3.05, 3.63) is 51.3 Å². The van der Waals surface area contributed by atoms with Gasteiger partial charge in [0, 0.05) is 28.4 Å². The minimum Gasteiger partial charge on any atom is -0.481 e. The van der Waals surface area contributed by atoms with Crippen LogP contribution in [0.1, 0.15) is 39.3 Å². The number of nitrogens with one attached hydrogen (secondary N) is 2. The number of carboxylic acids is 2. The van der Waals surface area contributed by atoms with Crippen molar-refractivity contribution in [3.63, 3.8) is 0 Å². The average Bonchev–Trinajstić information content (AvgIpc) is 3.03. The van der Waals surface area contributed by atoms with Crippen molar-refractivity contribution in [2.24, 2.45) is 0 Å². The van der Waals surface area contributed by atoms with Crippen LogP contribution in [0.4, 0.5) is 5.69 Å². The van der Waals surface area contributed by atoms with Gasteiger partial charge >= 0.3 is 11.9 Å². The molecule has 0 atom stereocenters. The Labute approximate surface area is 153 Å². The first-order valence-electron chi connectivity index (χ1n) is 7.77. The second-order valence-electron chi connectivity index (χ2n) is 5.92. The summed E-state index contributed by atoms with van der Waals surface area (Å²) in [6, 6.07) is 4.99. The molecule has 0 spiro atoms. The van der Waals surface area contributed by atoms with Gasteiger partial charge in [0.2, 0.25) is 0 Å². The first-order chi connectivity index (χ1) is 12.3. The molecule has 1 aliphatic rings. The number of fused-ring (bicyclic) bond motifs is 1. The van der Waals surface area contributed by atoms with Gasteiger partial charge in [-0.05, 0) is 48.7 Å². The molecule has 26 heavy (non-hydrogen) atoms. The number of aromatic nitrogens is 1. The molecule has 1 aromatic heterocycles. The number of carbonyl (C=O) groups excluding carboxylic acids is 1. The molecule has 2 heterocycles. The summed E-state index contributed by atoms with van der Waals surface area (Å²) in [4.78, 5) is 37.4. The summed E-state index contributed by atoms with van der Waals surface area (Å²) in [5.74, 6) is -2.48. The standard InChI is InChI=1S/C18H15ClN2O5/c1-8-10(3-5-15(22)23)14(20-16(8)18(25)26)7-12-11-6-9(19)2-4-13(11)21-17(12)24/h2,4,6-7,20H,3,5H2,1H3,(H,21,24)(H,22,23)(H,25,26)/b12-7-. The zero-order valence-electron chi connectivity index (χ0n) is 13.7. The topological polar surface area (TPSA) is 119 Å². The molecule has 0 unspecified atom stereocenters. The highest BCUT2D eigenvalue weighted by Crippen LogP contribution is 2.35. The highest BCUT2D eigenvalue weighted by atomic mass is 35.5. The molecule has 1 aliphatic heterocycles. The molecule has 0 saturated carbocycles. The summed E-state index contributed by atoms with van der Waals surface area (Å²) < 4.78 is 0. The van der Waals surface area contributed by atoms with Crippen LogP contribution in [0.15, 0.2) is 18.2 Å². The van der Waals surface area contributed by atoms with Gasteiger partial charge in [-0.25, -0.2) is 4.79 Å². The normalized spacial score (nSPS) is 14.4. The van der Waals surface area contributed by atoms with Crippen LogP contribution in [0.5, 0.6) is 0 Å². The number of carbonyl (C=O) groups is 3. The fourth-order valence-corrected chi connectivity index (χ4v) is 3.17. The zero-order valence-corrected chi connectivity index (χ0v) is 14.5. The molecule has 134 valence electrons. The Morgan fingerprint density at radius 3 is 2.65 bits per heavy atom. The van der Waals surface area contributed by atoms with Crippen LogP contribution in [-0.4, -0.2) is 33.0 Å². The SMILES string of the molecule is Cc1c(C(=O)O)[nH]c(/C=C2\C(=O)Nc3ccc(Cl)cc32)c1CCC(=O)O. The van der Waals surface area contributed by atoms with Crippen LogP contribution in [0, 0.1) is 6.92 Å². The van der Waals surface area contributed by atoms with Gasteiger partial charge in [0.1, 0.15) is 5.69 Å². The smallest absolute Gasteiger partial charge is 0.352 e. The van der Waals surface area contributed by atoms with Crippen molar-refractivity contribution in [3.8, 4) is 0 Å². The minimum atomic E-state index is -1.15. The monoisotopic (exact) mass is 374 g/mol. The third kappa shape index (κ3) is 3.21. The van der Waals surface area contributed by atoms with E-state index in [9.17, 15) is 19.5 Å². The molecule has 4 N–H and O–H groups in total. The summed E-state index contributed by atoms with van der Waals surface area (Å²) in [6.45, 7) is 1.61. The van der Waals surface area contributed by atoms with Crippen LogP contribution in [0.25, 0.3) is 11.6 Å². The van der Waals surface area contributed by atoms with Gasteiger partial charge in [0.15, 0.2) is 0 Å². The second-order valence-corrected chi connectivity index (χ2v) is 6.35. The highest BCUT2D eigenvalue weighted by Gasteiger charge is 2.26. The molecule has 7 nitrogen and oxygen atoms in total. The van der Waals surface area contributed by atoms with E-state index in [1.165, 1.54) is 6.08 Å². The predicted octanol–water partition coefficient (Wildman–Crippen LogP) is 3.18. The van der Waals surface area contributed by atoms with E-state index in [0.29, 0.717) is 38.7 Å². The van der Waals surface area contributed by atoms with E-state index in [1.807, 2.05) is 0 Å². The second kappa shape index (κ2) is 6.68. The molecule has 3 rings (SSSR count). The Bertz CT molecular complexity index is 974. The maximum Gasteiger partial charge on any atom is 0.352 e. The number of aliphatic carboxylic acids is 1. The maximum absolute atomic E-state index is 12.3. The summed E-state index contributed by atoms with van der Waals surface area (Å²) in [7, 11) is 0. The van der Waals surface area contributed by atoms with E-state index in [1.54, 1.807) is 25.1 Å². The Balaban J connectivity index is 2.12. The fourth-order valence-electron chi connectivity index (χ4n) is 3.00. The van der Waals surface area contributed by atoms with E-state index in [4.69, 9.17) is 16.7 Å². The molecule has 2 aromatic rings. The quantitative estimate of drug-likeness (QED) is 0.599. The fraction of sp³-hybridized carbons (Fsp3) is 0.167. The third-order valence-corrected chi connectivity index (χ3v) is 4.50. The lowest BCUT2D eigenvalue weighted by molar-refractivity contribution is -0.137. The number of carboxylic acid groups (broad SMARTS) is 2. The van der Waals surface area contributed by atoms with E-state index in [2.05, 4.69) is 10.3 Å². The van der Waals surface area contributed by atoms with Crippen LogP contribution in [0.3, 0.4) is 0 Å². The number of aromatic carboxylic acids is 1. The molecular formula is C18H15ClN2O5. The number of rotatable bonds is 5. The molecule has 1 aromatic carbocycles. The van der Waals surface area contributed by atoms with Crippen molar-refractivity contribution < 1.29 is 24.6 Å². The largest absolute Gasteiger partial charge is 0.481 e. The number of halogens is 1. The van der Waals surface area contributed by atoms with Crippen LogP contribution in [-0.2, 0) is 16.0 Å². The lowest BCUT2D eigenvalue weighted by Crippen LogP contribution is -2.04. The van der Waals surface area contributed by atoms with E-state index < -0.39 is 11.9 Å². The van der Waals surface area contributed by atoms with Gasteiger partial charge in [-0.15, -0.1) is 0 Å². The first-order valence-corrected chi connectivity index (χ1v) is 8.15. The van der Waals surface area contributed by atoms with Crippen LogP contribution >= 0.6 is 11.6 Å². The number of benzene rings is 1. The predicted molar refractivity (Wildman–Crippen MR) is 96.4 cm³/mol. The molecule has 0 aliphatic carbocycles. The van der Waals surface area contributed by atoms with Gasteiger partial charge in [-0.3, -0.25) is 9.59 Å². The zero-order chi connectivity index (χ0) is 19.0. The Morgan fingerprint density at radius 1 is 1.27 bits per heavy atom. The lowest BCUT2D eigenvalue weighted by atomic mass is 10.0. The van der Waals surface area contributed by atoms with E-state index in [0.717, 1.165) is 0 Å². The third-order valence-electron chi connectivity index (χ3n) is 4.27. The number of H-pyrrole nitrogens is 1. The molecule has 0 fully saturated rings. The molecular weight excluding hydrogens is 360 g/mol. The average molecular weight is 375 g/mol. The molecule has 8 heteroatoms.